The number of non-ortho nitro benzene ring substituents is 1. The van der Waals surface area contributed by atoms with Crippen LogP contribution in [0.2, 0.25) is 0 Å². The van der Waals surface area contributed by atoms with Crippen LogP contribution in [-0.2, 0) is 14.3 Å². The second kappa shape index (κ2) is 6.98. The van der Waals surface area contributed by atoms with Gasteiger partial charge >= 0.3 is 5.97 Å². The Balaban J connectivity index is 3.05. The average Bonchev–Trinajstić information content (AvgIpc) is 2.41. The van der Waals surface area contributed by atoms with E-state index in [2.05, 4.69) is 0 Å². The second-order valence-corrected chi connectivity index (χ2v) is 6.10. The van der Waals surface area contributed by atoms with Crippen molar-refractivity contribution in [1.29, 1.82) is 0 Å². The van der Waals surface area contributed by atoms with Gasteiger partial charge in [0, 0.05) is 12.1 Å². The Bertz CT molecular complexity index is 626. The summed E-state index contributed by atoms with van der Waals surface area (Å²) in [5.74, 6) is -1.18. The Labute approximate surface area is 128 Å². The van der Waals surface area contributed by atoms with E-state index in [0.717, 1.165) is 0 Å². The third-order valence-electron chi connectivity index (χ3n) is 2.63. The van der Waals surface area contributed by atoms with Crippen molar-refractivity contribution in [2.75, 3.05) is 6.61 Å². The van der Waals surface area contributed by atoms with Gasteiger partial charge in [-0.3, -0.25) is 14.9 Å². The monoisotopic (exact) mass is 305 g/mol. The van der Waals surface area contributed by atoms with E-state index >= 15 is 0 Å². The molecule has 1 aromatic carbocycles. The lowest BCUT2D eigenvalue weighted by molar-refractivity contribution is -0.384. The summed E-state index contributed by atoms with van der Waals surface area (Å²) in [6.45, 7) is 7.13. The largest absolute Gasteiger partial charge is 0.461 e. The summed E-state index contributed by atoms with van der Waals surface area (Å²) in [6.07, 6.45) is 1.31. The number of ether oxygens (including phenoxy) is 1. The topological polar surface area (TPSA) is 86.5 Å². The molecule has 0 bridgehead atoms. The lowest BCUT2D eigenvalue weighted by Gasteiger charge is -2.18. The SMILES string of the molecule is CC(=O)/C(=C\c1cccc([N+](=O)[O-])c1)C(=O)OCC(C)(C)C. The molecule has 0 saturated heterocycles. The normalized spacial score (nSPS) is 11.9. The number of hydrogen-bond acceptors (Lipinski definition) is 5. The van der Waals surface area contributed by atoms with E-state index in [9.17, 15) is 19.7 Å². The highest BCUT2D eigenvalue weighted by Gasteiger charge is 2.20. The Morgan fingerprint density at radius 2 is 1.95 bits per heavy atom. The molecule has 6 heteroatoms. The van der Waals surface area contributed by atoms with E-state index in [1.807, 2.05) is 20.8 Å². The van der Waals surface area contributed by atoms with Gasteiger partial charge in [0.2, 0.25) is 0 Å². The summed E-state index contributed by atoms with van der Waals surface area (Å²) in [5.41, 5.74) is -0.0696. The van der Waals surface area contributed by atoms with Crippen LogP contribution in [0.5, 0.6) is 0 Å². The molecule has 0 heterocycles. The highest BCUT2D eigenvalue weighted by atomic mass is 16.6. The van der Waals surface area contributed by atoms with Crippen LogP contribution in [0.15, 0.2) is 29.8 Å². The smallest absolute Gasteiger partial charge is 0.341 e. The van der Waals surface area contributed by atoms with Crippen LogP contribution >= 0.6 is 0 Å². The molecule has 1 rings (SSSR count). The van der Waals surface area contributed by atoms with Gasteiger partial charge in [-0.2, -0.15) is 0 Å². The van der Waals surface area contributed by atoms with Crippen molar-refractivity contribution in [3.05, 3.63) is 45.5 Å². The molecule has 1 aromatic rings. The van der Waals surface area contributed by atoms with E-state index in [-0.39, 0.29) is 23.3 Å². The molecule has 0 radical (unpaired) electrons. The number of nitrogens with zero attached hydrogens (tertiary/aromatic N) is 1. The second-order valence-electron chi connectivity index (χ2n) is 6.10. The summed E-state index contributed by atoms with van der Waals surface area (Å²) in [4.78, 5) is 33.8. The lowest BCUT2D eigenvalue weighted by Crippen LogP contribution is -2.21. The van der Waals surface area contributed by atoms with Crippen LogP contribution in [0.4, 0.5) is 5.69 Å². The van der Waals surface area contributed by atoms with Crippen LogP contribution in [0, 0.1) is 15.5 Å². The van der Waals surface area contributed by atoms with Crippen LogP contribution in [-0.4, -0.2) is 23.3 Å². The highest BCUT2D eigenvalue weighted by molar-refractivity contribution is 6.19. The van der Waals surface area contributed by atoms with Crippen molar-refractivity contribution < 1.29 is 19.2 Å². The Kier molecular flexibility index (Phi) is 5.56. The van der Waals surface area contributed by atoms with Crippen molar-refractivity contribution in [1.82, 2.24) is 0 Å². The molecule has 0 atom stereocenters. The van der Waals surface area contributed by atoms with E-state index < -0.39 is 16.7 Å². The van der Waals surface area contributed by atoms with Gasteiger partial charge in [-0.25, -0.2) is 4.79 Å². The molecule has 0 fully saturated rings. The molecule has 6 nitrogen and oxygen atoms in total. The minimum atomic E-state index is -0.728. The molecule has 0 spiro atoms. The van der Waals surface area contributed by atoms with Crippen molar-refractivity contribution in [3.8, 4) is 0 Å². The Morgan fingerprint density at radius 3 is 2.45 bits per heavy atom. The van der Waals surface area contributed by atoms with E-state index in [1.165, 1.54) is 31.2 Å². The summed E-state index contributed by atoms with van der Waals surface area (Å²) in [7, 11) is 0. The van der Waals surface area contributed by atoms with Gasteiger partial charge in [-0.15, -0.1) is 0 Å². The molecule has 0 amide bonds. The first-order valence-electron chi connectivity index (χ1n) is 6.74. The van der Waals surface area contributed by atoms with Gasteiger partial charge < -0.3 is 4.74 Å². The number of benzene rings is 1. The number of rotatable bonds is 5. The summed E-state index contributed by atoms with van der Waals surface area (Å²) in [5, 5.41) is 10.7. The van der Waals surface area contributed by atoms with Gasteiger partial charge in [0.05, 0.1) is 11.5 Å². The van der Waals surface area contributed by atoms with Crippen LogP contribution in [0.1, 0.15) is 33.3 Å². The van der Waals surface area contributed by atoms with E-state index in [0.29, 0.717) is 5.56 Å². The maximum absolute atomic E-state index is 12.0. The number of carbonyl (C=O) groups excluding carboxylic acids is 2. The maximum atomic E-state index is 12.0. The zero-order valence-corrected chi connectivity index (χ0v) is 13.1. The minimum absolute atomic E-state index is 0.111. The Hall–Kier alpha value is -2.50. The number of hydrogen-bond donors (Lipinski definition) is 0. The lowest BCUT2D eigenvalue weighted by atomic mass is 9.98. The summed E-state index contributed by atoms with van der Waals surface area (Å²) < 4.78 is 5.12. The summed E-state index contributed by atoms with van der Waals surface area (Å²) >= 11 is 0. The molecular weight excluding hydrogens is 286 g/mol. The number of carbonyl (C=O) groups is 2. The van der Waals surface area contributed by atoms with Gasteiger partial charge in [-0.1, -0.05) is 32.9 Å². The third-order valence-corrected chi connectivity index (χ3v) is 2.63. The van der Waals surface area contributed by atoms with Crippen LogP contribution in [0.3, 0.4) is 0 Å². The van der Waals surface area contributed by atoms with E-state index in [4.69, 9.17) is 4.74 Å². The van der Waals surface area contributed by atoms with Crippen LogP contribution < -0.4 is 0 Å². The quantitative estimate of drug-likeness (QED) is 0.208. The third kappa shape index (κ3) is 5.47. The predicted molar refractivity (Wildman–Crippen MR) is 82.2 cm³/mol. The molecule has 0 unspecified atom stereocenters. The average molecular weight is 305 g/mol. The number of nitro benzene ring substituents is 1. The fourth-order valence-corrected chi connectivity index (χ4v) is 1.56. The molecular formula is C16H19NO5. The zero-order chi connectivity index (χ0) is 16.9. The molecule has 0 aliphatic heterocycles. The van der Waals surface area contributed by atoms with Gasteiger partial charge in [0.15, 0.2) is 5.78 Å². The molecule has 0 aliphatic rings. The van der Waals surface area contributed by atoms with Crippen molar-refractivity contribution in [3.63, 3.8) is 0 Å². The molecule has 118 valence electrons. The first-order chi connectivity index (χ1) is 10.1. The first kappa shape index (κ1) is 17.6. The number of Topliss-reactive ketones (excluding diaryl/α,β-unsaturated/α-hetero) is 1. The molecule has 0 saturated carbocycles. The molecule has 0 aromatic heterocycles. The molecule has 0 N–H and O–H groups in total. The molecule has 22 heavy (non-hydrogen) atoms. The summed E-state index contributed by atoms with van der Waals surface area (Å²) in [6, 6.07) is 5.69. The maximum Gasteiger partial charge on any atom is 0.341 e. The van der Waals surface area contributed by atoms with Crippen LogP contribution in [0.25, 0.3) is 6.08 Å². The van der Waals surface area contributed by atoms with Gasteiger partial charge in [-0.05, 0) is 24.0 Å². The highest BCUT2D eigenvalue weighted by Crippen LogP contribution is 2.18. The van der Waals surface area contributed by atoms with Crippen molar-refractivity contribution in [2.45, 2.75) is 27.7 Å². The fraction of sp³-hybridized carbons (Fsp3) is 0.375. The molecule has 0 aliphatic carbocycles. The van der Waals surface area contributed by atoms with Crippen molar-refractivity contribution in [2.24, 2.45) is 5.41 Å². The standard InChI is InChI=1S/C16H19NO5/c1-11(18)14(15(19)22-10-16(2,3)4)9-12-6-5-7-13(8-12)17(20)21/h5-9H,10H2,1-4H3/b14-9+. The van der Waals surface area contributed by atoms with Crippen molar-refractivity contribution >= 4 is 23.5 Å². The van der Waals surface area contributed by atoms with E-state index in [1.54, 1.807) is 6.07 Å². The number of nitro groups is 1. The fourth-order valence-electron chi connectivity index (χ4n) is 1.56. The zero-order valence-electron chi connectivity index (χ0n) is 13.1. The number of esters is 1. The van der Waals surface area contributed by atoms with Gasteiger partial charge in [0.25, 0.3) is 5.69 Å². The Morgan fingerprint density at radius 1 is 1.32 bits per heavy atom. The predicted octanol–water partition coefficient (Wildman–Crippen LogP) is 3.16. The minimum Gasteiger partial charge on any atom is -0.461 e. The van der Waals surface area contributed by atoms with Gasteiger partial charge in [0.1, 0.15) is 5.57 Å². The number of ketones is 1. The first-order valence-corrected chi connectivity index (χ1v) is 6.74.